The fraction of sp³-hybridized carbons (Fsp3) is 0. The number of carbonyl (C=O) groups is 2. The van der Waals surface area contributed by atoms with Gasteiger partial charge in [-0.05, 0) is 22.4 Å². The van der Waals surface area contributed by atoms with Gasteiger partial charge < -0.3 is 0 Å². The van der Waals surface area contributed by atoms with Crippen molar-refractivity contribution in [1.29, 1.82) is 0 Å². The van der Waals surface area contributed by atoms with Crippen LogP contribution in [0.1, 0.15) is 20.7 Å². The van der Waals surface area contributed by atoms with Crippen LogP contribution < -0.4 is 0 Å². The standard InChI is InChI=1S/C12H7ClO2/c13-12(15)11-9(7-14)6-5-8-3-1-2-4-10(8)11/h1-7H. The van der Waals surface area contributed by atoms with Crippen LogP contribution in [0.25, 0.3) is 10.8 Å². The zero-order chi connectivity index (χ0) is 10.8. The predicted molar refractivity (Wildman–Crippen MR) is 59.5 cm³/mol. The Kier molecular flexibility index (Phi) is 2.52. The van der Waals surface area contributed by atoms with Gasteiger partial charge >= 0.3 is 0 Å². The van der Waals surface area contributed by atoms with E-state index in [1.165, 1.54) is 0 Å². The number of aldehydes is 1. The van der Waals surface area contributed by atoms with Crippen LogP contribution in [0.2, 0.25) is 0 Å². The molecular formula is C12H7ClO2. The van der Waals surface area contributed by atoms with E-state index in [0.29, 0.717) is 17.2 Å². The molecule has 2 nitrogen and oxygen atoms in total. The molecular weight excluding hydrogens is 212 g/mol. The Labute approximate surface area is 91.5 Å². The van der Waals surface area contributed by atoms with E-state index in [2.05, 4.69) is 0 Å². The number of hydrogen-bond donors (Lipinski definition) is 0. The highest BCUT2D eigenvalue weighted by molar-refractivity contribution is 6.69. The first kappa shape index (κ1) is 9.87. The van der Waals surface area contributed by atoms with Crippen molar-refractivity contribution < 1.29 is 9.59 Å². The first-order chi connectivity index (χ1) is 7.24. The lowest BCUT2D eigenvalue weighted by Gasteiger charge is -2.04. The third kappa shape index (κ3) is 1.64. The molecule has 2 aromatic rings. The molecule has 0 atom stereocenters. The van der Waals surface area contributed by atoms with Crippen molar-refractivity contribution in [3.05, 3.63) is 47.5 Å². The summed E-state index contributed by atoms with van der Waals surface area (Å²) >= 11 is 5.47. The maximum atomic E-state index is 11.2. The van der Waals surface area contributed by atoms with Crippen LogP contribution in [0.4, 0.5) is 0 Å². The Morgan fingerprint density at radius 2 is 1.87 bits per heavy atom. The second-order valence-electron chi connectivity index (χ2n) is 3.14. The summed E-state index contributed by atoms with van der Waals surface area (Å²) in [7, 11) is 0. The minimum atomic E-state index is -0.603. The van der Waals surface area contributed by atoms with Crippen LogP contribution in [0.15, 0.2) is 36.4 Å². The molecule has 15 heavy (non-hydrogen) atoms. The number of carbonyl (C=O) groups excluding carboxylic acids is 2. The molecule has 0 heterocycles. The minimum absolute atomic E-state index is 0.282. The molecule has 0 saturated heterocycles. The minimum Gasteiger partial charge on any atom is -0.298 e. The molecule has 74 valence electrons. The average Bonchev–Trinajstić information content (AvgIpc) is 2.27. The summed E-state index contributed by atoms with van der Waals surface area (Å²) in [5.74, 6) is 0. The van der Waals surface area contributed by atoms with Crippen molar-refractivity contribution in [1.82, 2.24) is 0 Å². The Balaban J connectivity index is 2.90. The van der Waals surface area contributed by atoms with Gasteiger partial charge in [-0.25, -0.2) is 0 Å². The summed E-state index contributed by atoms with van der Waals surface area (Å²) in [6.07, 6.45) is 0.641. The first-order valence-corrected chi connectivity index (χ1v) is 4.78. The maximum absolute atomic E-state index is 11.2. The van der Waals surface area contributed by atoms with Gasteiger partial charge in [-0.1, -0.05) is 36.4 Å². The van der Waals surface area contributed by atoms with E-state index in [9.17, 15) is 9.59 Å². The molecule has 0 aliphatic carbocycles. The van der Waals surface area contributed by atoms with Gasteiger partial charge in [-0.2, -0.15) is 0 Å². The number of rotatable bonds is 2. The molecule has 2 aromatic carbocycles. The van der Waals surface area contributed by atoms with Gasteiger partial charge in [0.2, 0.25) is 0 Å². The van der Waals surface area contributed by atoms with Gasteiger partial charge in [-0.3, -0.25) is 9.59 Å². The molecule has 0 bridgehead atoms. The Hall–Kier alpha value is -1.67. The second-order valence-corrected chi connectivity index (χ2v) is 3.49. The van der Waals surface area contributed by atoms with E-state index < -0.39 is 5.24 Å². The third-order valence-corrected chi connectivity index (χ3v) is 2.47. The van der Waals surface area contributed by atoms with Crippen LogP contribution in [0.3, 0.4) is 0 Å². The fourth-order valence-electron chi connectivity index (χ4n) is 1.61. The van der Waals surface area contributed by atoms with Crippen molar-refractivity contribution in [3.8, 4) is 0 Å². The Morgan fingerprint density at radius 1 is 1.13 bits per heavy atom. The van der Waals surface area contributed by atoms with Gasteiger partial charge in [0.15, 0.2) is 6.29 Å². The average molecular weight is 219 g/mol. The summed E-state index contributed by atoms with van der Waals surface area (Å²) in [5, 5.41) is 1.00. The number of benzene rings is 2. The van der Waals surface area contributed by atoms with Gasteiger partial charge in [0.25, 0.3) is 5.24 Å². The quantitative estimate of drug-likeness (QED) is 0.574. The van der Waals surface area contributed by atoms with Crippen LogP contribution in [-0.2, 0) is 0 Å². The molecule has 0 fully saturated rings. The van der Waals surface area contributed by atoms with E-state index in [-0.39, 0.29) is 5.56 Å². The van der Waals surface area contributed by atoms with E-state index in [1.54, 1.807) is 24.3 Å². The van der Waals surface area contributed by atoms with E-state index >= 15 is 0 Å². The largest absolute Gasteiger partial charge is 0.298 e. The van der Waals surface area contributed by atoms with Crippen molar-refractivity contribution in [2.45, 2.75) is 0 Å². The summed E-state index contributed by atoms with van der Waals surface area (Å²) in [4.78, 5) is 22.0. The topological polar surface area (TPSA) is 34.1 Å². The first-order valence-electron chi connectivity index (χ1n) is 4.41. The monoisotopic (exact) mass is 218 g/mol. The summed E-state index contributed by atoms with van der Waals surface area (Å²) in [6, 6.07) is 10.7. The zero-order valence-electron chi connectivity index (χ0n) is 7.74. The summed E-state index contributed by atoms with van der Waals surface area (Å²) in [6.45, 7) is 0. The molecule has 0 aliphatic rings. The van der Waals surface area contributed by atoms with Crippen molar-refractivity contribution in [2.75, 3.05) is 0 Å². The van der Waals surface area contributed by atoms with Gasteiger partial charge in [0.1, 0.15) is 0 Å². The molecule has 0 aromatic heterocycles. The lowest BCUT2D eigenvalue weighted by Crippen LogP contribution is -1.97. The predicted octanol–water partition coefficient (Wildman–Crippen LogP) is 3.03. The Morgan fingerprint density at radius 3 is 2.53 bits per heavy atom. The lowest BCUT2D eigenvalue weighted by atomic mass is 10.0. The van der Waals surface area contributed by atoms with Crippen molar-refractivity contribution in [2.24, 2.45) is 0 Å². The van der Waals surface area contributed by atoms with Gasteiger partial charge in [-0.15, -0.1) is 0 Å². The highest BCUT2D eigenvalue weighted by atomic mass is 35.5. The molecule has 0 radical (unpaired) electrons. The van der Waals surface area contributed by atoms with Crippen molar-refractivity contribution in [3.63, 3.8) is 0 Å². The highest BCUT2D eigenvalue weighted by Gasteiger charge is 2.12. The molecule has 0 N–H and O–H groups in total. The van der Waals surface area contributed by atoms with Crippen LogP contribution in [0, 0.1) is 0 Å². The zero-order valence-corrected chi connectivity index (χ0v) is 8.49. The van der Waals surface area contributed by atoms with Gasteiger partial charge in [0, 0.05) is 5.56 Å². The molecule has 0 spiro atoms. The molecule has 2 rings (SSSR count). The van der Waals surface area contributed by atoms with Gasteiger partial charge in [0.05, 0.1) is 5.56 Å². The van der Waals surface area contributed by atoms with Crippen LogP contribution >= 0.6 is 11.6 Å². The molecule has 0 unspecified atom stereocenters. The fourth-order valence-corrected chi connectivity index (χ4v) is 1.82. The lowest BCUT2D eigenvalue weighted by molar-refractivity contribution is 0.106. The second kappa shape index (κ2) is 3.83. The van der Waals surface area contributed by atoms with E-state index in [1.807, 2.05) is 12.1 Å². The molecule has 0 saturated carbocycles. The normalized spacial score (nSPS) is 10.2. The summed E-state index contributed by atoms with van der Waals surface area (Å²) in [5.41, 5.74) is 0.610. The Bertz CT molecular complexity index is 546. The van der Waals surface area contributed by atoms with Crippen LogP contribution in [0.5, 0.6) is 0 Å². The van der Waals surface area contributed by atoms with E-state index in [0.717, 1.165) is 5.39 Å². The molecule has 0 amide bonds. The molecule has 0 aliphatic heterocycles. The highest BCUT2D eigenvalue weighted by Crippen LogP contribution is 2.23. The third-order valence-electron chi connectivity index (χ3n) is 2.28. The maximum Gasteiger partial charge on any atom is 0.253 e. The number of hydrogen-bond acceptors (Lipinski definition) is 2. The smallest absolute Gasteiger partial charge is 0.253 e. The number of fused-ring (bicyclic) bond motifs is 1. The SMILES string of the molecule is O=Cc1ccc2ccccc2c1C(=O)Cl. The molecule has 3 heteroatoms. The van der Waals surface area contributed by atoms with E-state index in [4.69, 9.17) is 11.6 Å². The van der Waals surface area contributed by atoms with Crippen LogP contribution in [-0.4, -0.2) is 11.5 Å². The van der Waals surface area contributed by atoms with Crippen molar-refractivity contribution >= 4 is 33.9 Å². The summed E-state index contributed by atoms with van der Waals surface area (Å²) < 4.78 is 0. The number of halogens is 1.